The third-order valence-corrected chi connectivity index (χ3v) is 13.4. The maximum atomic E-state index is 8.89. The molecule has 0 aliphatic rings. The van der Waals surface area contributed by atoms with E-state index in [-0.39, 0.29) is 30.9 Å². The van der Waals surface area contributed by atoms with Crippen molar-refractivity contribution in [3.05, 3.63) is 144 Å². The SMILES string of the molecule is CC(C)(C)c1ccc(-n2c(-c3[c-]cc4c(c3)sc3ccccc34)nc3ccccc32)cc1.[2H]C([2H])(c1cc(-c2[c-]ccc(C(C)(C)C)c2)ncc1[Si](C)(C)C)C(C)(C)C.[Ir]. The first kappa shape index (κ1) is 40.6. The zero-order valence-electron chi connectivity index (χ0n) is 38.1. The summed E-state index contributed by atoms with van der Waals surface area (Å²) < 4.78 is 22.6. The van der Waals surface area contributed by atoms with Gasteiger partial charge in [0, 0.05) is 39.4 Å². The molecule has 0 saturated heterocycles. The molecule has 0 N–H and O–H groups in total. The topological polar surface area (TPSA) is 30.7 Å². The van der Waals surface area contributed by atoms with Crippen LogP contribution in [0.2, 0.25) is 19.6 Å². The van der Waals surface area contributed by atoms with Crippen LogP contribution in [0.1, 0.15) is 81.7 Å². The van der Waals surface area contributed by atoms with Crippen LogP contribution in [0.15, 0.2) is 115 Å². The first-order valence-electron chi connectivity index (χ1n) is 21.0. The van der Waals surface area contributed by atoms with Crippen molar-refractivity contribution in [2.45, 2.75) is 99.2 Å². The molecule has 5 aromatic carbocycles. The van der Waals surface area contributed by atoms with Crippen molar-refractivity contribution in [3.8, 4) is 28.3 Å². The van der Waals surface area contributed by atoms with Crippen molar-refractivity contribution in [1.29, 1.82) is 0 Å². The summed E-state index contributed by atoms with van der Waals surface area (Å²) in [5.74, 6) is 0.925. The summed E-state index contributed by atoms with van der Waals surface area (Å²) in [4.78, 5) is 9.76. The summed E-state index contributed by atoms with van der Waals surface area (Å²) in [5, 5.41) is 3.64. The largest absolute Gasteiger partial charge is 0.333 e. The number of pyridine rings is 1. The van der Waals surface area contributed by atoms with Gasteiger partial charge in [0.1, 0.15) is 0 Å². The van der Waals surface area contributed by atoms with Crippen LogP contribution >= 0.6 is 11.3 Å². The Morgan fingerprint density at radius 1 is 0.707 bits per heavy atom. The van der Waals surface area contributed by atoms with E-state index in [0.717, 1.165) is 50.1 Å². The van der Waals surface area contributed by atoms with Crippen molar-refractivity contribution in [1.82, 2.24) is 14.5 Å². The molecule has 0 atom stereocenters. The molecule has 8 rings (SSSR count). The molecular weight excluding hydrogens is 919 g/mol. The van der Waals surface area contributed by atoms with Crippen molar-refractivity contribution >= 4 is 55.8 Å². The normalized spacial score (nSPS) is 13.2. The molecule has 0 spiro atoms. The number of aromatic nitrogens is 3. The Hall–Kier alpha value is -4.19. The number of thiophene rings is 1. The maximum Gasteiger partial charge on any atom is 0.0798 e. The third kappa shape index (κ3) is 9.47. The minimum atomic E-state index is -1.74. The molecule has 0 aliphatic carbocycles. The molecule has 8 aromatic rings. The van der Waals surface area contributed by atoms with Crippen LogP contribution in [0.4, 0.5) is 0 Å². The van der Waals surface area contributed by atoms with Gasteiger partial charge in [-0.1, -0.05) is 141 Å². The summed E-state index contributed by atoms with van der Waals surface area (Å²) in [7, 11) is -1.74. The van der Waals surface area contributed by atoms with Crippen LogP contribution in [-0.2, 0) is 37.3 Å². The number of hydrogen-bond acceptors (Lipinski definition) is 3. The van der Waals surface area contributed by atoms with E-state index in [9.17, 15) is 0 Å². The van der Waals surface area contributed by atoms with Gasteiger partial charge in [-0.2, -0.15) is 11.3 Å². The molecule has 0 amide bonds. The summed E-state index contributed by atoms with van der Waals surface area (Å²) in [5.41, 5.74) is 8.96. The van der Waals surface area contributed by atoms with Crippen LogP contribution in [-0.4, -0.2) is 22.6 Å². The van der Waals surface area contributed by atoms with Gasteiger partial charge in [-0.15, -0.1) is 59.2 Å². The standard InChI is InChI=1S/C29H23N2S.C23H34NSi.Ir/c1-29(2,3)20-13-15-21(16-14-20)31-25-10-6-5-9-24(25)30-28(31)19-12-17-23-22-8-4-7-11-26(22)32-27(23)18-19;1-22(2,3)15-18-14-20(24-16-21(18)25(7,8)9)17-11-10-12-19(13-17)23(4,5)6;/h4-11,13-18H,1-3H3;10,12-14,16H,15H2,1-9H3;/q2*-1;/i;15D2;. The van der Waals surface area contributed by atoms with E-state index in [0.29, 0.717) is 0 Å². The van der Waals surface area contributed by atoms with Gasteiger partial charge in [0.05, 0.1) is 24.9 Å². The second-order valence-electron chi connectivity index (χ2n) is 19.3. The molecule has 0 unspecified atom stereocenters. The fourth-order valence-electron chi connectivity index (χ4n) is 7.16. The van der Waals surface area contributed by atoms with E-state index in [2.05, 4.69) is 169 Å². The first-order chi connectivity index (χ1) is 27.5. The van der Waals surface area contributed by atoms with Crippen LogP contribution < -0.4 is 5.19 Å². The minimum Gasteiger partial charge on any atom is -0.333 e. The molecule has 3 heterocycles. The number of fused-ring (bicyclic) bond motifs is 4. The van der Waals surface area contributed by atoms with Crippen molar-refractivity contribution in [3.63, 3.8) is 0 Å². The molecule has 1 radical (unpaired) electrons. The summed E-state index contributed by atoms with van der Waals surface area (Å²) >= 11 is 1.83. The average molecular weight is 978 g/mol. The smallest absolute Gasteiger partial charge is 0.0798 e. The number of hydrogen-bond donors (Lipinski definition) is 0. The monoisotopic (exact) mass is 978 g/mol. The molecule has 0 fully saturated rings. The van der Waals surface area contributed by atoms with E-state index in [4.69, 9.17) is 12.7 Å². The fourth-order valence-corrected chi connectivity index (χ4v) is 9.68. The second kappa shape index (κ2) is 16.5. The Kier molecular flexibility index (Phi) is 11.5. The minimum absolute atomic E-state index is 0. The number of benzene rings is 5. The Morgan fingerprint density at radius 2 is 1.38 bits per heavy atom. The quantitative estimate of drug-likeness (QED) is 0.127. The van der Waals surface area contributed by atoms with Gasteiger partial charge < -0.3 is 9.55 Å². The molecule has 0 aliphatic heterocycles. The molecule has 58 heavy (non-hydrogen) atoms. The van der Waals surface area contributed by atoms with Crippen molar-refractivity contribution in [2.75, 3.05) is 0 Å². The van der Waals surface area contributed by atoms with Crippen LogP contribution in [0.5, 0.6) is 0 Å². The van der Waals surface area contributed by atoms with E-state index >= 15 is 0 Å². The Balaban J connectivity index is 0.000000201. The van der Waals surface area contributed by atoms with Crippen molar-refractivity contribution < 1.29 is 22.8 Å². The van der Waals surface area contributed by atoms with Gasteiger partial charge in [0.25, 0.3) is 0 Å². The summed E-state index contributed by atoms with van der Waals surface area (Å²) in [6.07, 6.45) is 0.472. The van der Waals surface area contributed by atoms with Gasteiger partial charge in [-0.3, -0.25) is 4.98 Å². The molecule has 6 heteroatoms. The zero-order chi connectivity index (χ0) is 42.7. The van der Waals surface area contributed by atoms with Gasteiger partial charge >= 0.3 is 0 Å². The van der Waals surface area contributed by atoms with Crippen LogP contribution in [0, 0.1) is 17.5 Å². The van der Waals surface area contributed by atoms with Gasteiger partial charge in [-0.05, 0) is 79.5 Å². The number of para-hydroxylation sites is 2. The Bertz CT molecular complexity index is 2790. The van der Waals surface area contributed by atoms with E-state index in [1.165, 1.54) is 31.3 Å². The summed E-state index contributed by atoms with van der Waals surface area (Å²) in [6, 6.07) is 45.1. The van der Waals surface area contributed by atoms with Gasteiger partial charge in [0.2, 0.25) is 0 Å². The molecule has 0 bridgehead atoms. The average Bonchev–Trinajstić information content (AvgIpc) is 3.75. The Morgan fingerprint density at radius 3 is 2.05 bits per heavy atom. The first-order valence-corrected chi connectivity index (χ1v) is 24.3. The van der Waals surface area contributed by atoms with Crippen LogP contribution in [0.25, 0.3) is 59.5 Å². The number of imidazole rings is 1. The fraction of sp³-hybridized carbons (Fsp3) is 0.308. The van der Waals surface area contributed by atoms with E-state index in [1.807, 2.05) is 56.5 Å². The second-order valence-corrected chi connectivity index (χ2v) is 25.4. The molecule has 301 valence electrons. The van der Waals surface area contributed by atoms with Gasteiger partial charge in [-0.25, -0.2) is 0 Å². The molecular formula is C52H57IrN3SSi-2. The van der Waals surface area contributed by atoms with Gasteiger partial charge in [0.15, 0.2) is 0 Å². The summed E-state index contributed by atoms with van der Waals surface area (Å²) in [6.45, 7) is 26.0. The van der Waals surface area contributed by atoms with E-state index in [1.54, 1.807) is 0 Å². The van der Waals surface area contributed by atoms with E-state index < -0.39 is 19.9 Å². The van der Waals surface area contributed by atoms with Crippen molar-refractivity contribution in [2.24, 2.45) is 5.41 Å². The Labute approximate surface area is 368 Å². The maximum absolute atomic E-state index is 8.89. The zero-order valence-corrected chi connectivity index (χ0v) is 40.3. The predicted molar refractivity (Wildman–Crippen MR) is 250 cm³/mol. The predicted octanol–water partition coefficient (Wildman–Crippen LogP) is 14.1. The third-order valence-electron chi connectivity index (χ3n) is 10.3. The van der Waals surface area contributed by atoms with Crippen LogP contribution in [0.3, 0.4) is 0 Å². The molecule has 0 saturated carbocycles. The molecule has 3 nitrogen and oxygen atoms in total. The number of rotatable bonds is 5. The number of nitrogens with zero attached hydrogens (tertiary/aromatic N) is 3. The molecule has 3 aromatic heterocycles.